The van der Waals surface area contributed by atoms with Crippen LogP contribution >= 0.6 is 0 Å². The minimum Gasteiger partial charge on any atom is -0.444 e. The number of fused-ring (bicyclic) bond motifs is 1. The van der Waals surface area contributed by atoms with Crippen molar-refractivity contribution in [1.82, 2.24) is 34.0 Å². The van der Waals surface area contributed by atoms with Crippen molar-refractivity contribution in [2.75, 3.05) is 18.0 Å². The largest absolute Gasteiger partial charge is 0.444 e. The number of hydrogen-bond donors (Lipinski definition) is 1. The predicted octanol–water partition coefficient (Wildman–Crippen LogP) is 1.25. The third-order valence-electron chi connectivity index (χ3n) is 5.97. The lowest BCUT2D eigenvalue weighted by Crippen LogP contribution is -2.49. The summed E-state index contributed by atoms with van der Waals surface area (Å²) >= 11 is 0. The molecule has 12 heteroatoms. The SMILES string of the molecule is CC#CCn1c(N2CCC[C@@H](NC(=O)OC(C)(C)C)C2)nc2c1c(=O)n(Cc1ncccn1)c(=O)n2C. The number of carbonyl (C=O) groups excluding carboxylic acids is 1. The smallest absolute Gasteiger partial charge is 0.407 e. The van der Waals surface area contributed by atoms with Crippen molar-refractivity contribution in [3.8, 4) is 11.8 Å². The summed E-state index contributed by atoms with van der Waals surface area (Å²) in [4.78, 5) is 54.1. The zero-order chi connectivity index (χ0) is 26.7. The highest BCUT2D eigenvalue weighted by molar-refractivity contribution is 5.75. The predicted molar refractivity (Wildman–Crippen MR) is 138 cm³/mol. The Bertz CT molecular complexity index is 1470. The van der Waals surface area contributed by atoms with Crippen LogP contribution in [0.1, 0.15) is 46.4 Å². The Morgan fingerprint density at radius 3 is 2.62 bits per heavy atom. The third-order valence-corrected chi connectivity index (χ3v) is 5.97. The number of aromatic nitrogens is 6. The molecular weight excluding hydrogens is 476 g/mol. The molecule has 0 bridgehead atoms. The first-order chi connectivity index (χ1) is 17.6. The van der Waals surface area contributed by atoms with E-state index in [1.165, 1.54) is 4.57 Å². The van der Waals surface area contributed by atoms with E-state index in [2.05, 4.69) is 27.1 Å². The molecule has 1 atom stereocenters. The van der Waals surface area contributed by atoms with Gasteiger partial charge in [-0.15, -0.1) is 5.92 Å². The number of rotatable bonds is 5. The minimum atomic E-state index is -0.597. The van der Waals surface area contributed by atoms with Crippen LogP contribution in [-0.2, 0) is 24.9 Å². The number of aryl methyl sites for hydroxylation is 1. The van der Waals surface area contributed by atoms with Crippen LogP contribution in [0.2, 0.25) is 0 Å². The lowest BCUT2D eigenvalue weighted by molar-refractivity contribution is 0.0499. The molecule has 0 radical (unpaired) electrons. The molecule has 4 heterocycles. The van der Waals surface area contributed by atoms with Gasteiger partial charge in [0.15, 0.2) is 11.2 Å². The molecule has 1 saturated heterocycles. The molecule has 1 aliphatic rings. The lowest BCUT2D eigenvalue weighted by atomic mass is 10.1. The quantitative estimate of drug-likeness (QED) is 0.510. The fraction of sp³-hybridized carbons (Fsp3) is 0.520. The molecule has 0 spiro atoms. The zero-order valence-corrected chi connectivity index (χ0v) is 21.8. The molecule has 0 aromatic carbocycles. The van der Waals surface area contributed by atoms with Crippen molar-refractivity contribution < 1.29 is 9.53 Å². The van der Waals surface area contributed by atoms with E-state index in [0.717, 1.165) is 17.4 Å². The number of piperidine rings is 1. The summed E-state index contributed by atoms with van der Waals surface area (Å²) in [6.45, 7) is 8.48. The van der Waals surface area contributed by atoms with Gasteiger partial charge in [-0.1, -0.05) is 5.92 Å². The summed E-state index contributed by atoms with van der Waals surface area (Å²) in [6.07, 6.45) is 4.24. The van der Waals surface area contributed by atoms with Gasteiger partial charge in [0.2, 0.25) is 5.95 Å². The summed E-state index contributed by atoms with van der Waals surface area (Å²) in [5.41, 5.74) is -1.04. The molecule has 0 saturated carbocycles. The molecule has 12 nitrogen and oxygen atoms in total. The maximum atomic E-state index is 13.6. The number of amides is 1. The fourth-order valence-corrected chi connectivity index (χ4v) is 4.35. The van der Waals surface area contributed by atoms with Crippen molar-refractivity contribution in [2.24, 2.45) is 7.05 Å². The molecule has 4 rings (SSSR count). The van der Waals surface area contributed by atoms with Gasteiger partial charge in [-0.3, -0.25) is 18.5 Å². The van der Waals surface area contributed by atoms with Gasteiger partial charge in [-0.2, -0.15) is 4.98 Å². The minimum absolute atomic E-state index is 0.0617. The number of hydrogen-bond acceptors (Lipinski definition) is 8. The number of carbonyl (C=O) groups is 1. The van der Waals surface area contributed by atoms with E-state index < -0.39 is 22.9 Å². The zero-order valence-electron chi connectivity index (χ0n) is 21.8. The van der Waals surface area contributed by atoms with Crippen LogP contribution in [0.15, 0.2) is 28.0 Å². The van der Waals surface area contributed by atoms with Crippen LogP contribution in [0.4, 0.5) is 10.7 Å². The fourth-order valence-electron chi connectivity index (χ4n) is 4.35. The Morgan fingerprint density at radius 1 is 1.22 bits per heavy atom. The number of nitrogens with one attached hydrogen (secondary N) is 1. The monoisotopic (exact) mass is 508 g/mol. The molecule has 0 unspecified atom stereocenters. The van der Waals surface area contributed by atoms with Crippen molar-refractivity contribution in [3.05, 3.63) is 45.1 Å². The van der Waals surface area contributed by atoms with Gasteiger partial charge < -0.3 is 15.0 Å². The van der Waals surface area contributed by atoms with Gasteiger partial charge >= 0.3 is 11.8 Å². The third kappa shape index (κ3) is 5.66. The van der Waals surface area contributed by atoms with E-state index in [9.17, 15) is 14.4 Å². The van der Waals surface area contributed by atoms with Gasteiger partial charge in [-0.25, -0.2) is 19.6 Å². The van der Waals surface area contributed by atoms with Gasteiger partial charge in [0.05, 0.1) is 13.1 Å². The van der Waals surface area contributed by atoms with Crippen molar-refractivity contribution >= 4 is 23.2 Å². The standard InChI is InChI=1S/C25H32N8O4/c1-6-7-14-32-19-20(30(5)24(36)33(21(19)34)16-18-26-11-9-12-27-18)29-22(32)31-13-8-10-17(15-31)28-23(35)37-25(2,3)4/h9,11-12,17H,8,10,13-16H2,1-5H3,(H,28,35)/t17-/m1/s1. The van der Waals surface area contributed by atoms with Gasteiger partial charge in [0, 0.05) is 38.6 Å². The van der Waals surface area contributed by atoms with Crippen LogP contribution in [-0.4, -0.2) is 59.5 Å². The molecule has 0 aliphatic carbocycles. The van der Waals surface area contributed by atoms with Crippen molar-refractivity contribution in [1.29, 1.82) is 0 Å². The van der Waals surface area contributed by atoms with Gasteiger partial charge in [0.1, 0.15) is 11.4 Å². The molecule has 1 amide bonds. The molecule has 3 aromatic heterocycles. The van der Waals surface area contributed by atoms with Gasteiger partial charge in [0.25, 0.3) is 5.56 Å². The number of anilines is 1. The molecule has 3 aromatic rings. The molecule has 1 N–H and O–H groups in total. The van der Waals surface area contributed by atoms with E-state index in [0.29, 0.717) is 24.9 Å². The highest BCUT2D eigenvalue weighted by atomic mass is 16.6. The van der Waals surface area contributed by atoms with E-state index in [1.54, 1.807) is 37.0 Å². The van der Waals surface area contributed by atoms with Crippen LogP contribution in [0, 0.1) is 11.8 Å². The molecule has 196 valence electrons. The van der Waals surface area contributed by atoms with Crippen molar-refractivity contribution in [2.45, 2.75) is 65.3 Å². The van der Waals surface area contributed by atoms with E-state index >= 15 is 0 Å². The van der Waals surface area contributed by atoms with Gasteiger partial charge in [-0.05, 0) is 46.6 Å². The normalized spacial score (nSPS) is 15.8. The number of nitrogens with zero attached hydrogens (tertiary/aromatic N) is 7. The molecule has 37 heavy (non-hydrogen) atoms. The Kier molecular flexibility index (Phi) is 7.33. The molecular formula is C25H32N8O4. The maximum Gasteiger partial charge on any atom is 0.407 e. The highest BCUT2D eigenvalue weighted by Gasteiger charge is 2.29. The first-order valence-electron chi connectivity index (χ1n) is 12.2. The second-order valence-corrected chi connectivity index (χ2v) is 9.93. The Labute approximate surface area is 214 Å². The first kappa shape index (κ1) is 25.9. The average molecular weight is 509 g/mol. The second-order valence-electron chi connectivity index (χ2n) is 9.93. The van der Waals surface area contributed by atoms with E-state index in [-0.39, 0.29) is 30.3 Å². The van der Waals surface area contributed by atoms with Crippen LogP contribution in [0.25, 0.3) is 11.2 Å². The summed E-state index contributed by atoms with van der Waals surface area (Å²) in [6, 6.07) is 1.51. The summed E-state index contributed by atoms with van der Waals surface area (Å²) in [5, 5.41) is 2.94. The molecule has 1 aliphatic heterocycles. The van der Waals surface area contributed by atoms with Crippen LogP contribution in [0.5, 0.6) is 0 Å². The van der Waals surface area contributed by atoms with Crippen LogP contribution in [0.3, 0.4) is 0 Å². The number of imidazole rings is 1. The van der Waals surface area contributed by atoms with Crippen molar-refractivity contribution in [3.63, 3.8) is 0 Å². The van der Waals surface area contributed by atoms with Crippen LogP contribution < -0.4 is 21.5 Å². The van der Waals surface area contributed by atoms with E-state index in [4.69, 9.17) is 9.72 Å². The average Bonchev–Trinajstić information content (AvgIpc) is 3.23. The summed E-state index contributed by atoms with van der Waals surface area (Å²) in [5.74, 6) is 6.76. The highest BCUT2D eigenvalue weighted by Crippen LogP contribution is 2.23. The summed E-state index contributed by atoms with van der Waals surface area (Å²) < 4.78 is 9.63. The molecule has 1 fully saturated rings. The first-order valence-corrected chi connectivity index (χ1v) is 12.2. The Hall–Kier alpha value is -4.14. The summed E-state index contributed by atoms with van der Waals surface area (Å²) in [7, 11) is 1.59. The Morgan fingerprint density at radius 2 is 1.95 bits per heavy atom. The lowest BCUT2D eigenvalue weighted by Gasteiger charge is -2.34. The maximum absolute atomic E-state index is 13.6. The Balaban J connectivity index is 1.74. The topological polar surface area (TPSA) is 129 Å². The second kappa shape index (κ2) is 10.5. The number of ether oxygens (including phenoxy) is 1. The number of alkyl carbamates (subject to hydrolysis) is 1. The van der Waals surface area contributed by atoms with E-state index in [1.807, 2.05) is 25.7 Å².